The molecule has 0 radical (unpaired) electrons. The smallest absolute Gasteiger partial charge is 0.218 e. The minimum Gasteiger partial charge on any atom is -0.486 e. The summed E-state index contributed by atoms with van der Waals surface area (Å²) < 4.78 is 11.2. The third kappa shape index (κ3) is 3.03. The number of fused-ring (bicyclic) bond motifs is 2. The zero-order valence-corrected chi connectivity index (χ0v) is 14.2. The van der Waals surface area contributed by atoms with E-state index in [9.17, 15) is 4.79 Å². The lowest BCUT2D eigenvalue weighted by Gasteiger charge is -2.21. The normalized spacial score (nSPS) is 14.4. The highest BCUT2D eigenvalue weighted by Crippen LogP contribution is 2.39. The molecule has 4 rings (SSSR count). The topological polar surface area (TPSA) is 77.3 Å². The second kappa shape index (κ2) is 6.33. The minimum atomic E-state index is -0.365. The first kappa shape index (κ1) is 15.8. The number of nitrogens with two attached hydrogens (primary N) is 1. The molecule has 1 amide bonds. The Labute approximate surface area is 149 Å². The number of amides is 1. The van der Waals surface area contributed by atoms with Crippen molar-refractivity contribution in [1.82, 2.24) is 4.98 Å². The molecule has 0 bridgehead atoms. The second-order valence-corrected chi connectivity index (χ2v) is 6.50. The maximum Gasteiger partial charge on any atom is 0.218 e. The molecule has 2 aromatic carbocycles. The van der Waals surface area contributed by atoms with Crippen molar-refractivity contribution in [1.29, 1.82) is 0 Å². The van der Waals surface area contributed by atoms with Crippen LogP contribution in [-0.4, -0.2) is 24.1 Å². The Morgan fingerprint density at radius 1 is 1.16 bits per heavy atom. The molecule has 25 heavy (non-hydrogen) atoms. The Balaban J connectivity index is 1.82. The number of halogens is 1. The monoisotopic (exact) mass is 356 g/mol. The number of ether oxygens (including phenoxy) is 2. The van der Waals surface area contributed by atoms with Gasteiger partial charge in [-0.1, -0.05) is 17.7 Å². The van der Waals surface area contributed by atoms with Crippen LogP contribution in [-0.2, 0) is 4.79 Å². The Hall–Kier alpha value is -2.66. The van der Waals surface area contributed by atoms with Gasteiger partial charge in [-0.05, 0) is 41.5 Å². The predicted octanol–water partition coefficient (Wildman–Crippen LogP) is 3.60. The van der Waals surface area contributed by atoms with Crippen LogP contribution in [0.25, 0.3) is 10.9 Å². The van der Waals surface area contributed by atoms with Gasteiger partial charge in [0.2, 0.25) is 5.91 Å². The Kier molecular flexibility index (Phi) is 4.01. The number of hydrogen-bond donors (Lipinski definition) is 2. The Morgan fingerprint density at radius 3 is 2.76 bits per heavy atom. The van der Waals surface area contributed by atoms with Crippen LogP contribution in [0, 0.1) is 0 Å². The van der Waals surface area contributed by atoms with Crippen LogP contribution in [0.5, 0.6) is 11.5 Å². The Bertz CT molecular complexity index is 951. The van der Waals surface area contributed by atoms with E-state index in [1.54, 1.807) is 0 Å². The van der Waals surface area contributed by atoms with E-state index < -0.39 is 0 Å². The summed E-state index contributed by atoms with van der Waals surface area (Å²) in [6.45, 7) is 1.05. The SMILES string of the molecule is NC(=O)CC(c1ccc2c(c1)OCCO2)c1c[nH]c2ccc(Cl)cc12. The van der Waals surface area contributed by atoms with E-state index in [0.29, 0.717) is 24.0 Å². The lowest BCUT2D eigenvalue weighted by atomic mass is 9.88. The maximum absolute atomic E-state index is 11.7. The highest BCUT2D eigenvalue weighted by Gasteiger charge is 2.23. The number of carbonyl (C=O) groups excluding carboxylic acids is 1. The van der Waals surface area contributed by atoms with Gasteiger partial charge in [-0.15, -0.1) is 0 Å². The van der Waals surface area contributed by atoms with Gasteiger partial charge in [0, 0.05) is 34.5 Å². The van der Waals surface area contributed by atoms with Gasteiger partial charge < -0.3 is 20.2 Å². The van der Waals surface area contributed by atoms with Crippen LogP contribution in [0.1, 0.15) is 23.5 Å². The minimum absolute atomic E-state index is 0.194. The van der Waals surface area contributed by atoms with Crippen molar-refractivity contribution in [3.05, 3.63) is 58.7 Å². The van der Waals surface area contributed by atoms with E-state index in [1.165, 1.54) is 0 Å². The van der Waals surface area contributed by atoms with Crippen LogP contribution in [0.15, 0.2) is 42.6 Å². The third-order valence-electron chi connectivity index (χ3n) is 4.43. The van der Waals surface area contributed by atoms with E-state index in [2.05, 4.69) is 4.98 Å². The van der Waals surface area contributed by atoms with Gasteiger partial charge in [0.15, 0.2) is 11.5 Å². The molecule has 1 atom stereocenters. The average molecular weight is 357 g/mol. The fourth-order valence-electron chi connectivity index (χ4n) is 3.29. The molecule has 6 heteroatoms. The van der Waals surface area contributed by atoms with Crippen molar-refractivity contribution in [2.24, 2.45) is 5.73 Å². The molecule has 0 spiro atoms. The van der Waals surface area contributed by atoms with Gasteiger partial charge in [0.25, 0.3) is 0 Å². The number of rotatable bonds is 4. The molecule has 1 aliphatic rings. The lowest BCUT2D eigenvalue weighted by molar-refractivity contribution is -0.118. The molecule has 3 aromatic rings. The van der Waals surface area contributed by atoms with Gasteiger partial charge in [0.05, 0.1) is 0 Å². The predicted molar refractivity (Wildman–Crippen MR) is 96.4 cm³/mol. The summed E-state index contributed by atoms with van der Waals surface area (Å²) in [5.41, 5.74) is 8.41. The van der Waals surface area contributed by atoms with Gasteiger partial charge in [-0.3, -0.25) is 4.79 Å². The number of primary amides is 1. The summed E-state index contributed by atoms with van der Waals surface area (Å²) in [6.07, 6.45) is 2.10. The molecule has 0 fully saturated rings. The van der Waals surface area contributed by atoms with Gasteiger partial charge in [-0.2, -0.15) is 0 Å². The number of hydrogen-bond acceptors (Lipinski definition) is 3. The lowest BCUT2D eigenvalue weighted by Crippen LogP contribution is -2.18. The second-order valence-electron chi connectivity index (χ2n) is 6.06. The van der Waals surface area contributed by atoms with Crippen molar-refractivity contribution < 1.29 is 14.3 Å². The van der Waals surface area contributed by atoms with Gasteiger partial charge in [0.1, 0.15) is 13.2 Å². The molecule has 128 valence electrons. The van der Waals surface area contributed by atoms with E-state index >= 15 is 0 Å². The Morgan fingerprint density at radius 2 is 1.96 bits per heavy atom. The van der Waals surface area contributed by atoms with E-state index in [4.69, 9.17) is 26.8 Å². The number of aromatic amines is 1. The molecule has 0 saturated carbocycles. The molecule has 2 heterocycles. The van der Waals surface area contributed by atoms with Crippen molar-refractivity contribution in [3.8, 4) is 11.5 Å². The first-order valence-electron chi connectivity index (χ1n) is 8.06. The highest BCUT2D eigenvalue weighted by atomic mass is 35.5. The van der Waals surface area contributed by atoms with Crippen molar-refractivity contribution >= 4 is 28.4 Å². The fraction of sp³-hybridized carbons (Fsp3) is 0.211. The zero-order valence-electron chi connectivity index (χ0n) is 13.4. The molecule has 0 aliphatic carbocycles. The van der Waals surface area contributed by atoms with Crippen LogP contribution in [0.2, 0.25) is 5.02 Å². The maximum atomic E-state index is 11.7. The summed E-state index contributed by atoms with van der Waals surface area (Å²) in [5.74, 6) is 0.850. The van der Waals surface area contributed by atoms with E-state index in [1.807, 2.05) is 42.6 Å². The molecular weight excluding hydrogens is 340 g/mol. The molecule has 1 aliphatic heterocycles. The van der Waals surface area contributed by atoms with Crippen LogP contribution >= 0.6 is 11.6 Å². The molecule has 1 aromatic heterocycles. The summed E-state index contributed by atoms with van der Waals surface area (Å²) in [6, 6.07) is 11.4. The standard InChI is InChI=1S/C19H17ClN2O3/c20-12-2-3-16-14(8-12)15(10-22-16)13(9-19(21)23)11-1-4-17-18(7-11)25-6-5-24-17/h1-4,7-8,10,13,22H,5-6,9H2,(H2,21,23). The molecular formula is C19H17ClN2O3. The summed E-state index contributed by atoms with van der Waals surface area (Å²) >= 11 is 6.16. The van der Waals surface area contributed by atoms with Crippen molar-refractivity contribution in [3.63, 3.8) is 0 Å². The third-order valence-corrected chi connectivity index (χ3v) is 4.66. The molecule has 3 N–H and O–H groups in total. The molecule has 5 nitrogen and oxygen atoms in total. The van der Waals surface area contributed by atoms with Crippen molar-refractivity contribution in [2.75, 3.05) is 13.2 Å². The average Bonchev–Trinajstić information content (AvgIpc) is 3.02. The van der Waals surface area contributed by atoms with E-state index in [-0.39, 0.29) is 18.2 Å². The van der Waals surface area contributed by atoms with Crippen LogP contribution < -0.4 is 15.2 Å². The summed E-state index contributed by atoms with van der Waals surface area (Å²) in [7, 11) is 0. The zero-order chi connectivity index (χ0) is 17.4. The van der Waals surface area contributed by atoms with Gasteiger partial charge >= 0.3 is 0 Å². The fourth-order valence-corrected chi connectivity index (χ4v) is 3.46. The van der Waals surface area contributed by atoms with Crippen LogP contribution in [0.3, 0.4) is 0 Å². The number of H-pyrrole nitrogens is 1. The summed E-state index contributed by atoms with van der Waals surface area (Å²) in [4.78, 5) is 14.9. The van der Waals surface area contributed by atoms with Gasteiger partial charge in [-0.25, -0.2) is 0 Å². The quantitative estimate of drug-likeness (QED) is 0.749. The molecule has 0 saturated heterocycles. The number of aromatic nitrogens is 1. The first-order valence-corrected chi connectivity index (χ1v) is 8.44. The number of benzene rings is 2. The number of nitrogens with one attached hydrogen (secondary N) is 1. The molecule has 1 unspecified atom stereocenters. The van der Waals surface area contributed by atoms with Crippen LogP contribution in [0.4, 0.5) is 0 Å². The highest BCUT2D eigenvalue weighted by molar-refractivity contribution is 6.31. The van der Waals surface area contributed by atoms with Crippen molar-refractivity contribution in [2.45, 2.75) is 12.3 Å². The summed E-state index contributed by atoms with van der Waals surface area (Å²) in [5, 5.41) is 1.63. The van der Waals surface area contributed by atoms with E-state index in [0.717, 1.165) is 27.8 Å². The largest absolute Gasteiger partial charge is 0.486 e. The number of carbonyl (C=O) groups is 1. The first-order chi connectivity index (χ1) is 12.1.